The van der Waals surface area contributed by atoms with E-state index in [2.05, 4.69) is 40.7 Å². The number of aryl methyl sites for hydroxylation is 1. The van der Waals surface area contributed by atoms with Crippen molar-refractivity contribution in [2.45, 2.75) is 39.7 Å². The number of hydrogen-bond acceptors (Lipinski definition) is 5. The Morgan fingerprint density at radius 1 is 1.17 bits per heavy atom. The topological polar surface area (TPSA) is 63.9 Å². The Kier molecular flexibility index (Phi) is 3.92. The van der Waals surface area contributed by atoms with Crippen LogP contribution < -0.4 is 10.5 Å². The molecule has 0 atom stereocenters. The van der Waals surface area contributed by atoms with Gasteiger partial charge in [-0.15, -0.1) is 0 Å². The molecule has 1 fully saturated rings. The van der Waals surface area contributed by atoms with Crippen molar-refractivity contribution in [3.05, 3.63) is 46.3 Å². The summed E-state index contributed by atoms with van der Waals surface area (Å²) >= 11 is 0. The highest BCUT2D eigenvalue weighted by Gasteiger charge is 2.29. The molecule has 6 nitrogen and oxygen atoms in total. The highest BCUT2D eigenvalue weighted by Crippen LogP contribution is 2.23. The van der Waals surface area contributed by atoms with Crippen LogP contribution in [0.2, 0.25) is 0 Å². The first-order chi connectivity index (χ1) is 10.8. The summed E-state index contributed by atoms with van der Waals surface area (Å²) in [4.78, 5) is 22.9. The maximum absolute atomic E-state index is 12.0. The van der Waals surface area contributed by atoms with E-state index in [4.69, 9.17) is 0 Å². The average Bonchev–Trinajstić information content (AvgIpc) is 2.44. The van der Waals surface area contributed by atoms with E-state index in [0.29, 0.717) is 12.5 Å². The van der Waals surface area contributed by atoms with Crippen LogP contribution in [-0.2, 0) is 12.0 Å². The van der Waals surface area contributed by atoms with Gasteiger partial charge in [-0.3, -0.25) is 9.78 Å². The van der Waals surface area contributed by atoms with Crippen molar-refractivity contribution < 1.29 is 0 Å². The van der Waals surface area contributed by atoms with Gasteiger partial charge in [-0.05, 0) is 13.0 Å². The minimum Gasteiger partial charge on any atom is -0.355 e. The van der Waals surface area contributed by atoms with Crippen LogP contribution in [0.25, 0.3) is 0 Å². The van der Waals surface area contributed by atoms with E-state index in [0.717, 1.165) is 30.3 Å². The van der Waals surface area contributed by atoms with E-state index in [-0.39, 0.29) is 11.0 Å². The second-order valence-corrected chi connectivity index (χ2v) is 7.28. The van der Waals surface area contributed by atoms with Gasteiger partial charge < -0.3 is 4.90 Å². The second kappa shape index (κ2) is 5.76. The van der Waals surface area contributed by atoms with Crippen LogP contribution in [0.5, 0.6) is 0 Å². The fraction of sp³-hybridized carbons (Fsp3) is 0.529. The Hall–Kier alpha value is -2.24. The third kappa shape index (κ3) is 3.41. The molecule has 0 spiro atoms. The van der Waals surface area contributed by atoms with Crippen molar-refractivity contribution in [1.29, 1.82) is 0 Å². The first-order valence-electron chi connectivity index (χ1n) is 7.95. The average molecular weight is 313 g/mol. The molecule has 0 amide bonds. The summed E-state index contributed by atoms with van der Waals surface area (Å²) in [6.07, 6.45) is 3.58. The number of rotatable bonds is 3. The van der Waals surface area contributed by atoms with E-state index < -0.39 is 0 Å². The van der Waals surface area contributed by atoms with Gasteiger partial charge in [0.2, 0.25) is 0 Å². The number of nitrogens with zero attached hydrogens (tertiary/aromatic N) is 5. The third-order valence-corrected chi connectivity index (χ3v) is 4.11. The van der Waals surface area contributed by atoms with Gasteiger partial charge in [-0.2, -0.15) is 5.10 Å². The van der Waals surface area contributed by atoms with E-state index >= 15 is 0 Å². The lowest BCUT2D eigenvalue weighted by atomic mass is 9.92. The second-order valence-electron chi connectivity index (χ2n) is 7.28. The van der Waals surface area contributed by atoms with E-state index in [9.17, 15) is 4.79 Å². The molecule has 1 saturated heterocycles. The number of hydrogen-bond donors (Lipinski definition) is 0. The highest BCUT2D eigenvalue weighted by atomic mass is 16.1. The fourth-order valence-electron chi connectivity index (χ4n) is 2.65. The van der Waals surface area contributed by atoms with Crippen LogP contribution in [0.3, 0.4) is 0 Å². The van der Waals surface area contributed by atoms with Gasteiger partial charge in [0.05, 0.1) is 30.3 Å². The molecule has 3 heterocycles. The lowest BCUT2D eigenvalue weighted by molar-refractivity contribution is 0.327. The molecule has 1 aliphatic heterocycles. The van der Waals surface area contributed by atoms with Gasteiger partial charge in [-0.25, -0.2) is 9.67 Å². The zero-order chi connectivity index (χ0) is 16.6. The molecule has 1 aliphatic rings. The smallest absolute Gasteiger partial charge is 0.266 e. The Balaban J connectivity index is 1.66. The van der Waals surface area contributed by atoms with Crippen LogP contribution >= 0.6 is 0 Å². The molecular formula is C17H23N5O. The molecule has 6 heteroatoms. The Morgan fingerprint density at radius 2 is 1.91 bits per heavy atom. The Labute approximate surface area is 136 Å². The molecule has 0 unspecified atom stereocenters. The zero-order valence-corrected chi connectivity index (χ0v) is 14.2. The quantitative estimate of drug-likeness (QED) is 0.864. The first-order valence-corrected chi connectivity index (χ1v) is 7.95. The minimum absolute atomic E-state index is 0.0356. The summed E-state index contributed by atoms with van der Waals surface area (Å²) in [6, 6.07) is 3.45. The Bertz CT molecular complexity index is 739. The molecule has 23 heavy (non-hydrogen) atoms. The first kappa shape index (κ1) is 15.6. The van der Waals surface area contributed by atoms with Crippen molar-refractivity contribution in [2.24, 2.45) is 5.92 Å². The van der Waals surface area contributed by atoms with Crippen LogP contribution in [0.4, 0.5) is 5.82 Å². The summed E-state index contributed by atoms with van der Waals surface area (Å²) in [5, 5.41) is 4.53. The molecule has 0 aliphatic carbocycles. The lowest BCUT2D eigenvalue weighted by Crippen LogP contribution is -2.50. The van der Waals surface area contributed by atoms with Crippen LogP contribution in [0, 0.1) is 12.8 Å². The summed E-state index contributed by atoms with van der Waals surface area (Å²) in [6.45, 7) is 10.6. The van der Waals surface area contributed by atoms with Crippen molar-refractivity contribution in [3.8, 4) is 0 Å². The predicted molar refractivity (Wildman–Crippen MR) is 89.7 cm³/mol. The van der Waals surface area contributed by atoms with Gasteiger partial charge in [0.1, 0.15) is 5.82 Å². The van der Waals surface area contributed by atoms with Crippen molar-refractivity contribution in [1.82, 2.24) is 19.7 Å². The fourth-order valence-corrected chi connectivity index (χ4v) is 2.65. The lowest BCUT2D eigenvalue weighted by Gasteiger charge is -2.40. The van der Waals surface area contributed by atoms with Crippen molar-refractivity contribution in [3.63, 3.8) is 0 Å². The van der Waals surface area contributed by atoms with Gasteiger partial charge in [0, 0.05) is 30.5 Å². The molecule has 0 saturated carbocycles. The largest absolute Gasteiger partial charge is 0.355 e. The minimum atomic E-state index is -0.0570. The monoisotopic (exact) mass is 313 g/mol. The molecule has 0 radical (unpaired) electrons. The molecule has 2 aromatic rings. The highest BCUT2D eigenvalue weighted by molar-refractivity contribution is 5.39. The Morgan fingerprint density at radius 3 is 2.52 bits per heavy atom. The normalized spacial score (nSPS) is 15.6. The number of anilines is 1. The molecule has 0 N–H and O–H groups in total. The van der Waals surface area contributed by atoms with Crippen molar-refractivity contribution >= 4 is 5.82 Å². The standard InChI is InChI=1S/C17H23N5O/c1-12-7-19-15(8-18-12)21-9-13(10-21)11-22-16(23)6-5-14(20-22)17(2,3)4/h5-8,13H,9-11H2,1-4H3. The van der Waals surface area contributed by atoms with Crippen LogP contribution in [0.1, 0.15) is 32.2 Å². The van der Waals surface area contributed by atoms with Crippen LogP contribution in [0.15, 0.2) is 29.3 Å². The molecule has 2 aromatic heterocycles. The molecular weight excluding hydrogens is 290 g/mol. The van der Waals surface area contributed by atoms with Gasteiger partial charge in [-0.1, -0.05) is 20.8 Å². The SMILES string of the molecule is Cc1cnc(N2CC(Cn3nc(C(C)(C)C)ccc3=O)C2)cn1. The summed E-state index contributed by atoms with van der Waals surface area (Å²) in [5.74, 6) is 1.31. The summed E-state index contributed by atoms with van der Waals surface area (Å²) in [7, 11) is 0. The molecule has 122 valence electrons. The molecule has 0 aromatic carbocycles. The number of aromatic nitrogens is 4. The van der Waals surface area contributed by atoms with Crippen LogP contribution in [-0.4, -0.2) is 32.8 Å². The van der Waals surface area contributed by atoms with E-state index in [1.54, 1.807) is 23.1 Å². The zero-order valence-electron chi connectivity index (χ0n) is 14.2. The van der Waals surface area contributed by atoms with Gasteiger partial charge >= 0.3 is 0 Å². The predicted octanol–water partition coefficient (Wildman–Crippen LogP) is 1.78. The summed E-state index contributed by atoms with van der Waals surface area (Å²) in [5.41, 5.74) is 1.77. The van der Waals surface area contributed by atoms with Gasteiger partial charge in [0.25, 0.3) is 5.56 Å². The van der Waals surface area contributed by atoms with E-state index in [1.807, 2.05) is 13.0 Å². The van der Waals surface area contributed by atoms with Crippen molar-refractivity contribution in [2.75, 3.05) is 18.0 Å². The molecule has 0 bridgehead atoms. The maximum atomic E-state index is 12.0. The third-order valence-electron chi connectivity index (χ3n) is 4.11. The molecule has 3 rings (SSSR count). The summed E-state index contributed by atoms with van der Waals surface area (Å²) < 4.78 is 1.60. The van der Waals surface area contributed by atoms with Gasteiger partial charge in [0.15, 0.2) is 0 Å². The maximum Gasteiger partial charge on any atom is 0.266 e. The van der Waals surface area contributed by atoms with E-state index in [1.165, 1.54) is 0 Å².